The molecule has 6 nitrogen and oxygen atoms in total. The average molecular weight is 348 g/mol. The maximum absolute atomic E-state index is 12.3. The third kappa shape index (κ3) is 4.26. The summed E-state index contributed by atoms with van der Waals surface area (Å²) in [7, 11) is -3.97. The Morgan fingerprint density at radius 2 is 1.83 bits per heavy atom. The second-order valence-electron chi connectivity index (χ2n) is 5.37. The molecule has 0 heterocycles. The minimum atomic E-state index is -3.97. The van der Waals surface area contributed by atoms with Gasteiger partial charge in [-0.25, -0.2) is 13.2 Å². The van der Waals surface area contributed by atoms with Crippen LogP contribution in [-0.4, -0.2) is 19.5 Å². The summed E-state index contributed by atoms with van der Waals surface area (Å²) in [5.74, 6) is -2.20. The van der Waals surface area contributed by atoms with Crippen LogP contribution in [0.1, 0.15) is 35.7 Å². The van der Waals surface area contributed by atoms with E-state index in [-0.39, 0.29) is 4.90 Å². The fraction of sp³-hybridized carbons (Fsp3) is 0.235. The van der Waals surface area contributed by atoms with Crippen molar-refractivity contribution in [2.45, 2.75) is 31.1 Å². The third-order valence-electron chi connectivity index (χ3n) is 3.52. The predicted molar refractivity (Wildman–Crippen MR) is 88.7 cm³/mol. The number of hydrogen-bond acceptors (Lipinski definition) is 4. The molecule has 0 amide bonds. The fourth-order valence-corrected chi connectivity index (χ4v) is 3.26. The Morgan fingerprint density at radius 1 is 1.17 bits per heavy atom. The van der Waals surface area contributed by atoms with Gasteiger partial charge in [0.15, 0.2) is 0 Å². The molecule has 0 atom stereocenters. The van der Waals surface area contributed by atoms with E-state index in [1.54, 1.807) is 12.1 Å². The number of carboxylic acid groups (broad SMARTS) is 1. The summed E-state index contributed by atoms with van der Waals surface area (Å²) in [6.45, 7) is 2.10. The van der Waals surface area contributed by atoms with E-state index >= 15 is 0 Å². The van der Waals surface area contributed by atoms with Crippen LogP contribution in [0.15, 0.2) is 47.4 Å². The lowest BCUT2D eigenvalue weighted by Gasteiger charge is -2.13. The van der Waals surface area contributed by atoms with E-state index in [1.165, 1.54) is 0 Å². The van der Waals surface area contributed by atoms with Crippen molar-refractivity contribution in [3.05, 3.63) is 53.6 Å². The summed E-state index contributed by atoms with van der Waals surface area (Å²) in [6, 6.07) is 9.89. The zero-order chi connectivity index (χ0) is 17.7. The number of rotatable bonds is 7. The molecule has 0 aliphatic rings. The highest BCUT2D eigenvalue weighted by Crippen LogP contribution is 2.22. The first-order valence-corrected chi connectivity index (χ1v) is 8.98. The Balaban J connectivity index is 2.22. The van der Waals surface area contributed by atoms with E-state index in [4.69, 9.17) is 5.11 Å². The summed E-state index contributed by atoms with van der Waals surface area (Å²) in [5, 5.41) is 20.4. The van der Waals surface area contributed by atoms with Gasteiger partial charge in [-0.3, -0.25) is 4.72 Å². The van der Waals surface area contributed by atoms with Gasteiger partial charge < -0.3 is 10.2 Å². The van der Waals surface area contributed by atoms with Gasteiger partial charge in [0.05, 0.1) is 10.5 Å². The summed E-state index contributed by atoms with van der Waals surface area (Å²) >= 11 is 0. The quantitative estimate of drug-likeness (QED) is 0.800. The maximum atomic E-state index is 12.3. The zero-order valence-electron chi connectivity index (χ0n) is 13.2. The number of carboxylic acids is 1. The van der Waals surface area contributed by atoms with E-state index in [9.17, 15) is 18.3 Å². The second-order valence-corrected chi connectivity index (χ2v) is 7.05. The van der Waals surface area contributed by atoms with Crippen LogP contribution < -0.4 is 9.83 Å². The maximum Gasteiger partial charge on any atom is 0.335 e. The van der Waals surface area contributed by atoms with Crippen molar-refractivity contribution in [2.24, 2.45) is 0 Å². The van der Waals surface area contributed by atoms with E-state index in [1.807, 2.05) is 12.1 Å². The average Bonchev–Trinajstić information content (AvgIpc) is 2.54. The molecule has 2 aromatic carbocycles. The topological polar surface area (TPSA) is 107 Å². The molecule has 0 unspecified atom stereocenters. The van der Waals surface area contributed by atoms with Crippen LogP contribution in [-0.2, 0) is 16.4 Å². The van der Waals surface area contributed by atoms with Gasteiger partial charge in [-0.05, 0) is 42.7 Å². The van der Waals surface area contributed by atoms with Crippen molar-refractivity contribution in [1.82, 2.24) is 0 Å². The highest BCUT2D eigenvalue weighted by molar-refractivity contribution is 7.92. The van der Waals surface area contributed by atoms with Crippen LogP contribution >= 0.6 is 0 Å². The van der Waals surface area contributed by atoms with Gasteiger partial charge in [-0.15, -0.1) is 0 Å². The largest absolute Gasteiger partial charge is 0.872 e. The molecule has 0 saturated carbocycles. The van der Waals surface area contributed by atoms with Crippen molar-refractivity contribution in [2.75, 3.05) is 4.72 Å². The Hall–Kier alpha value is -2.54. The highest BCUT2D eigenvalue weighted by atomic mass is 32.2. The number of benzene rings is 2. The van der Waals surface area contributed by atoms with Gasteiger partial charge in [0, 0.05) is 5.69 Å². The first-order valence-electron chi connectivity index (χ1n) is 7.49. The van der Waals surface area contributed by atoms with Gasteiger partial charge in [0.1, 0.15) is 0 Å². The first-order chi connectivity index (χ1) is 11.3. The number of hydrogen-bond donors (Lipinski definition) is 2. The molecule has 0 aliphatic heterocycles. The Kier molecular flexibility index (Phi) is 5.46. The molecule has 7 heteroatoms. The molecule has 128 valence electrons. The number of aromatic carboxylic acids is 1. The highest BCUT2D eigenvalue weighted by Gasteiger charge is 2.17. The van der Waals surface area contributed by atoms with Crippen molar-refractivity contribution in [1.29, 1.82) is 0 Å². The standard InChI is InChI=1S/C17H19NO5S/c1-2-3-4-12-5-7-13(8-6-12)18-24(22,23)14-9-10-16(19)15(11-14)17(20)21/h5-11,18-19H,2-4H2,1H3,(H,20,21)/p-1. The van der Waals surface area contributed by atoms with Gasteiger partial charge in [-0.2, -0.15) is 0 Å². The van der Waals surface area contributed by atoms with Crippen molar-refractivity contribution in [3.63, 3.8) is 0 Å². The van der Waals surface area contributed by atoms with Gasteiger partial charge >= 0.3 is 5.97 Å². The smallest absolute Gasteiger partial charge is 0.335 e. The Bertz CT molecular complexity index is 829. The van der Waals surface area contributed by atoms with E-state index in [2.05, 4.69) is 11.6 Å². The van der Waals surface area contributed by atoms with E-state index < -0.39 is 27.3 Å². The molecule has 0 bridgehead atoms. The van der Waals surface area contributed by atoms with Crippen LogP contribution in [0.5, 0.6) is 5.75 Å². The van der Waals surface area contributed by atoms with E-state index in [0.29, 0.717) is 5.69 Å². The molecule has 2 rings (SSSR count). The number of anilines is 1. The zero-order valence-corrected chi connectivity index (χ0v) is 14.0. The Morgan fingerprint density at radius 3 is 2.42 bits per heavy atom. The summed E-state index contributed by atoms with van der Waals surface area (Å²) < 4.78 is 27.1. The normalized spacial score (nSPS) is 11.2. The van der Waals surface area contributed by atoms with Gasteiger partial charge in [0.25, 0.3) is 10.0 Å². The van der Waals surface area contributed by atoms with Crippen molar-refractivity contribution >= 4 is 21.7 Å². The molecular formula is C17H18NO5S-. The molecule has 2 N–H and O–H groups in total. The number of carbonyl (C=O) groups is 1. The first kappa shape index (κ1) is 17.8. The van der Waals surface area contributed by atoms with Gasteiger partial charge in [-0.1, -0.05) is 37.3 Å². The van der Waals surface area contributed by atoms with Crippen LogP contribution in [0.4, 0.5) is 5.69 Å². The van der Waals surface area contributed by atoms with E-state index in [0.717, 1.165) is 43.0 Å². The molecule has 24 heavy (non-hydrogen) atoms. The van der Waals surface area contributed by atoms with Crippen LogP contribution in [0.3, 0.4) is 0 Å². The molecule has 0 radical (unpaired) electrons. The lowest BCUT2D eigenvalue weighted by molar-refractivity contribution is -0.268. The second kappa shape index (κ2) is 7.35. The minimum absolute atomic E-state index is 0.269. The number of aryl methyl sites for hydroxylation is 1. The van der Waals surface area contributed by atoms with Crippen LogP contribution in [0, 0.1) is 0 Å². The molecular weight excluding hydrogens is 330 g/mol. The SMILES string of the molecule is CCCCc1ccc(NS(=O)(=O)c2ccc([O-])c(C(=O)O)c2)cc1. The summed E-state index contributed by atoms with van der Waals surface area (Å²) in [6.07, 6.45) is 3.07. The molecule has 0 fully saturated rings. The monoisotopic (exact) mass is 348 g/mol. The molecule has 0 spiro atoms. The number of sulfonamides is 1. The number of unbranched alkanes of at least 4 members (excludes halogenated alkanes) is 1. The summed E-state index contributed by atoms with van der Waals surface area (Å²) in [5.41, 5.74) is 0.912. The molecule has 2 aromatic rings. The lowest BCUT2D eigenvalue weighted by Crippen LogP contribution is -2.14. The van der Waals surface area contributed by atoms with Crippen molar-refractivity contribution in [3.8, 4) is 5.75 Å². The summed E-state index contributed by atoms with van der Waals surface area (Å²) in [4.78, 5) is 10.7. The predicted octanol–water partition coefficient (Wildman–Crippen LogP) is 2.60. The molecule has 0 aliphatic carbocycles. The van der Waals surface area contributed by atoms with Crippen LogP contribution in [0.2, 0.25) is 0 Å². The third-order valence-corrected chi connectivity index (χ3v) is 4.90. The van der Waals surface area contributed by atoms with Crippen LogP contribution in [0.25, 0.3) is 0 Å². The Labute approximate surface area is 140 Å². The van der Waals surface area contributed by atoms with Gasteiger partial charge in [0.2, 0.25) is 0 Å². The molecule has 0 aromatic heterocycles. The minimum Gasteiger partial charge on any atom is -0.872 e. The number of nitrogens with one attached hydrogen (secondary N) is 1. The lowest BCUT2D eigenvalue weighted by atomic mass is 10.1. The van der Waals surface area contributed by atoms with Crippen molar-refractivity contribution < 1.29 is 23.4 Å². The molecule has 0 saturated heterocycles. The fourth-order valence-electron chi connectivity index (χ4n) is 2.18.